The van der Waals surface area contributed by atoms with Gasteiger partial charge in [0.25, 0.3) is 5.91 Å². The molecule has 0 saturated heterocycles. The molecule has 0 radical (unpaired) electrons. The molecule has 1 atom stereocenters. The molecule has 5 nitrogen and oxygen atoms in total. The zero-order valence-electron chi connectivity index (χ0n) is 21.1. The topological polar surface area (TPSA) is 53.9 Å². The zero-order valence-corrected chi connectivity index (χ0v) is 22.7. The Morgan fingerprint density at radius 2 is 1.92 bits per heavy atom. The van der Waals surface area contributed by atoms with E-state index in [1.54, 1.807) is 18.2 Å². The zero-order chi connectivity index (χ0) is 26.4. The average Bonchev–Trinajstić information content (AvgIpc) is 2.89. The second-order valence-corrected chi connectivity index (χ2v) is 10.9. The molecule has 0 aromatic heterocycles. The van der Waals surface area contributed by atoms with Crippen molar-refractivity contribution in [2.45, 2.75) is 44.3 Å². The lowest BCUT2D eigenvalue weighted by Crippen LogP contribution is -3.13. The highest BCUT2D eigenvalue weighted by Crippen LogP contribution is 2.37. The first kappa shape index (κ1) is 27.2. The third-order valence-corrected chi connectivity index (χ3v) is 7.99. The van der Waals surface area contributed by atoms with E-state index in [0.29, 0.717) is 23.8 Å². The molecular weight excluding hydrogens is 509 g/mol. The summed E-state index contributed by atoms with van der Waals surface area (Å²) in [7, 11) is 0. The summed E-state index contributed by atoms with van der Waals surface area (Å²) in [5, 5.41) is 3.28. The number of rotatable bonds is 10. The average molecular weight is 541 g/mol. The van der Waals surface area contributed by atoms with Crippen molar-refractivity contribution in [3.05, 3.63) is 94.3 Å². The van der Waals surface area contributed by atoms with Crippen LogP contribution in [0.3, 0.4) is 0 Å². The minimum absolute atomic E-state index is 0.0121. The predicted octanol–water partition coefficient (Wildman–Crippen LogP) is 4.73. The fourth-order valence-electron chi connectivity index (χ4n) is 4.42. The number of anilines is 1. The smallest absolute Gasteiger partial charge is 0.251 e. The van der Waals surface area contributed by atoms with Crippen LogP contribution >= 0.6 is 23.4 Å². The van der Waals surface area contributed by atoms with Gasteiger partial charge in [0.05, 0.1) is 30.6 Å². The van der Waals surface area contributed by atoms with Crippen molar-refractivity contribution >= 4 is 40.9 Å². The van der Waals surface area contributed by atoms with Crippen LogP contribution < -0.4 is 15.1 Å². The third-order valence-electron chi connectivity index (χ3n) is 6.59. The molecule has 2 N–H and O–H groups in total. The van der Waals surface area contributed by atoms with E-state index in [-0.39, 0.29) is 34.7 Å². The van der Waals surface area contributed by atoms with Crippen molar-refractivity contribution in [1.29, 1.82) is 0 Å². The number of hydrogen-bond acceptors (Lipinski definition) is 3. The molecule has 1 aliphatic heterocycles. The minimum Gasteiger partial charge on any atom is -0.352 e. The highest BCUT2D eigenvalue weighted by Gasteiger charge is 2.27. The summed E-state index contributed by atoms with van der Waals surface area (Å²) in [5.41, 5.74) is 2.64. The molecule has 4 rings (SSSR count). The van der Waals surface area contributed by atoms with Gasteiger partial charge in [0.1, 0.15) is 12.4 Å². The molecule has 0 fully saturated rings. The number of nitrogens with one attached hydrogen (secondary N) is 2. The van der Waals surface area contributed by atoms with Crippen molar-refractivity contribution in [3.8, 4) is 0 Å². The van der Waals surface area contributed by atoms with E-state index < -0.39 is 5.82 Å². The number of amides is 2. The van der Waals surface area contributed by atoms with Crippen LogP contribution in [0.15, 0.2) is 71.6 Å². The van der Waals surface area contributed by atoms with E-state index in [9.17, 15) is 14.0 Å². The summed E-state index contributed by atoms with van der Waals surface area (Å²) in [6.45, 7) is 6.89. The number of thioether (sulfide) groups is 1. The van der Waals surface area contributed by atoms with Crippen LogP contribution in [0.2, 0.25) is 5.02 Å². The Morgan fingerprint density at radius 3 is 2.65 bits per heavy atom. The molecule has 1 unspecified atom stereocenters. The largest absolute Gasteiger partial charge is 0.352 e. The van der Waals surface area contributed by atoms with Crippen molar-refractivity contribution in [2.75, 3.05) is 23.7 Å². The number of nitrogens with zero attached hydrogens (tertiary/aromatic N) is 1. The summed E-state index contributed by atoms with van der Waals surface area (Å²) < 4.78 is 14.4. The van der Waals surface area contributed by atoms with Crippen LogP contribution in [0.4, 0.5) is 10.1 Å². The molecule has 2 amide bonds. The van der Waals surface area contributed by atoms with Crippen LogP contribution in [0.25, 0.3) is 0 Å². The maximum atomic E-state index is 14.4. The first-order chi connectivity index (χ1) is 17.8. The number of hydrogen-bond donors (Lipinski definition) is 2. The van der Waals surface area contributed by atoms with Crippen molar-refractivity contribution < 1.29 is 18.9 Å². The van der Waals surface area contributed by atoms with Gasteiger partial charge in [-0.1, -0.05) is 48.0 Å². The fourth-order valence-corrected chi connectivity index (χ4v) is 5.56. The van der Waals surface area contributed by atoms with Gasteiger partial charge in [-0.2, -0.15) is 0 Å². The standard InChI is InChI=1S/C29H31ClFN3O2S/c1-20(2)33(17-21-8-4-3-5-9-21)15-7-14-32-29(36)22-12-13-27-26(16-22)34(28(35)19-37-27)18-23-24(30)10-6-11-25(23)31/h3-6,8-13,16,20H,7,14-15,17-19H2,1-2H3,(H,32,36)/p+1. The molecule has 37 heavy (non-hydrogen) atoms. The van der Waals surface area contributed by atoms with Gasteiger partial charge in [-0.3, -0.25) is 9.59 Å². The summed E-state index contributed by atoms with van der Waals surface area (Å²) in [5.74, 6) is -0.547. The Kier molecular flexibility index (Phi) is 9.24. The van der Waals surface area contributed by atoms with E-state index >= 15 is 0 Å². The van der Waals surface area contributed by atoms with E-state index in [0.717, 1.165) is 24.4 Å². The molecular formula is C29H32ClFN3O2S+. The van der Waals surface area contributed by atoms with Gasteiger partial charge in [0.2, 0.25) is 5.91 Å². The van der Waals surface area contributed by atoms with Crippen LogP contribution in [0.5, 0.6) is 0 Å². The first-order valence-corrected chi connectivity index (χ1v) is 13.9. The van der Waals surface area contributed by atoms with Crippen LogP contribution in [0, 0.1) is 5.82 Å². The fraction of sp³-hybridized carbons (Fsp3) is 0.310. The number of fused-ring (bicyclic) bond motifs is 1. The third kappa shape index (κ3) is 6.92. The summed E-state index contributed by atoms with van der Waals surface area (Å²) >= 11 is 7.63. The van der Waals surface area contributed by atoms with Gasteiger partial charge in [-0.05, 0) is 44.2 Å². The van der Waals surface area contributed by atoms with E-state index in [2.05, 4.69) is 43.4 Å². The number of benzene rings is 3. The number of quaternary nitrogens is 1. The molecule has 3 aromatic carbocycles. The van der Waals surface area contributed by atoms with Crippen LogP contribution in [0.1, 0.15) is 41.8 Å². The molecule has 3 aromatic rings. The van der Waals surface area contributed by atoms with E-state index in [1.165, 1.54) is 39.3 Å². The van der Waals surface area contributed by atoms with Gasteiger partial charge in [0, 0.05) is 39.6 Å². The highest BCUT2D eigenvalue weighted by molar-refractivity contribution is 8.00. The lowest BCUT2D eigenvalue weighted by Gasteiger charge is -2.30. The maximum Gasteiger partial charge on any atom is 0.251 e. The van der Waals surface area contributed by atoms with Crippen LogP contribution in [-0.4, -0.2) is 36.7 Å². The van der Waals surface area contributed by atoms with Crippen molar-refractivity contribution in [2.24, 2.45) is 0 Å². The molecule has 0 bridgehead atoms. The van der Waals surface area contributed by atoms with Gasteiger partial charge in [-0.15, -0.1) is 11.8 Å². The normalized spacial score (nSPS) is 14.0. The molecule has 0 spiro atoms. The maximum absolute atomic E-state index is 14.4. The monoisotopic (exact) mass is 540 g/mol. The number of halogens is 2. The van der Waals surface area contributed by atoms with Gasteiger partial charge < -0.3 is 15.1 Å². The van der Waals surface area contributed by atoms with E-state index in [1.807, 2.05) is 12.1 Å². The minimum atomic E-state index is -0.459. The quantitative estimate of drug-likeness (QED) is 0.366. The van der Waals surface area contributed by atoms with E-state index in [4.69, 9.17) is 11.6 Å². The predicted molar refractivity (Wildman–Crippen MR) is 148 cm³/mol. The summed E-state index contributed by atoms with van der Waals surface area (Å²) in [4.78, 5) is 29.6. The molecule has 194 valence electrons. The summed E-state index contributed by atoms with van der Waals surface area (Å²) in [6, 6.07) is 20.7. The number of carbonyl (C=O) groups excluding carboxylic acids is 2. The van der Waals surface area contributed by atoms with Crippen molar-refractivity contribution in [1.82, 2.24) is 5.32 Å². The van der Waals surface area contributed by atoms with Crippen LogP contribution in [-0.2, 0) is 17.9 Å². The molecule has 0 aliphatic carbocycles. The molecule has 8 heteroatoms. The second-order valence-electron chi connectivity index (χ2n) is 9.49. The Balaban J connectivity index is 1.39. The lowest BCUT2D eigenvalue weighted by atomic mass is 10.1. The molecule has 1 heterocycles. The molecule has 1 aliphatic rings. The SMILES string of the molecule is CC(C)[NH+](CCCNC(=O)c1ccc2c(c1)N(Cc1c(F)cccc1Cl)C(=O)CS2)Cc1ccccc1. The summed E-state index contributed by atoms with van der Waals surface area (Å²) in [6.07, 6.45) is 0.850. The first-order valence-electron chi connectivity index (χ1n) is 12.5. The number of carbonyl (C=O) groups is 2. The highest BCUT2D eigenvalue weighted by atomic mass is 35.5. The van der Waals surface area contributed by atoms with Gasteiger partial charge in [-0.25, -0.2) is 4.39 Å². The van der Waals surface area contributed by atoms with Crippen molar-refractivity contribution in [3.63, 3.8) is 0 Å². The Morgan fingerprint density at radius 1 is 1.14 bits per heavy atom. The second kappa shape index (κ2) is 12.6. The Hall–Kier alpha value is -2.87. The Labute approximate surface area is 227 Å². The molecule has 0 saturated carbocycles. The lowest BCUT2D eigenvalue weighted by molar-refractivity contribution is -0.935. The van der Waals surface area contributed by atoms with Gasteiger partial charge in [0.15, 0.2) is 0 Å². The Bertz CT molecular complexity index is 1230. The van der Waals surface area contributed by atoms with Gasteiger partial charge >= 0.3 is 0 Å².